The van der Waals surface area contributed by atoms with Gasteiger partial charge in [0.05, 0.1) is 0 Å². The molecule has 0 radical (unpaired) electrons. The second kappa shape index (κ2) is 4.05. The fraction of sp³-hybridized carbons (Fsp3) is 0.867. The lowest BCUT2D eigenvalue weighted by Crippen LogP contribution is -2.49. The van der Waals surface area contributed by atoms with Crippen molar-refractivity contribution in [2.24, 2.45) is 30.5 Å². The maximum absolute atomic E-state index is 5.64. The van der Waals surface area contributed by atoms with Crippen LogP contribution >= 0.6 is 0 Å². The van der Waals surface area contributed by atoms with E-state index in [0.717, 1.165) is 30.0 Å². The van der Waals surface area contributed by atoms with Crippen LogP contribution in [0.4, 0.5) is 0 Å². The Morgan fingerprint density at radius 1 is 1.16 bits per heavy atom. The van der Waals surface area contributed by atoms with Crippen LogP contribution in [0.25, 0.3) is 0 Å². The molecule has 4 nitrogen and oxygen atoms in total. The Morgan fingerprint density at radius 2 is 1.74 bits per heavy atom. The number of nitrogens with zero attached hydrogens (tertiary/aromatic N) is 3. The molecule has 0 atom stereocenters. The van der Waals surface area contributed by atoms with E-state index in [2.05, 4.69) is 16.8 Å². The third-order valence-electron chi connectivity index (χ3n) is 5.69. The summed E-state index contributed by atoms with van der Waals surface area (Å²) in [6.07, 6.45) is 9.31. The Bertz CT molecular complexity index is 455. The first-order chi connectivity index (χ1) is 9.18. The van der Waals surface area contributed by atoms with E-state index < -0.39 is 0 Å². The van der Waals surface area contributed by atoms with Gasteiger partial charge in [0.15, 0.2) is 5.82 Å². The van der Waals surface area contributed by atoms with Crippen molar-refractivity contribution in [1.82, 2.24) is 14.8 Å². The van der Waals surface area contributed by atoms with Gasteiger partial charge in [-0.1, -0.05) is 0 Å². The van der Waals surface area contributed by atoms with Crippen LogP contribution in [0, 0.1) is 17.8 Å². The molecule has 0 saturated heterocycles. The summed E-state index contributed by atoms with van der Waals surface area (Å²) in [5.74, 6) is 5.08. The van der Waals surface area contributed by atoms with E-state index in [1.807, 2.05) is 0 Å². The minimum Gasteiger partial charge on any atom is -0.330 e. The minimum absolute atomic E-state index is 0.351. The van der Waals surface area contributed by atoms with Crippen LogP contribution in [-0.2, 0) is 18.9 Å². The van der Waals surface area contributed by atoms with Crippen LogP contribution in [-0.4, -0.2) is 21.3 Å². The summed E-state index contributed by atoms with van der Waals surface area (Å²) in [7, 11) is 2.07. The average Bonchev–Trinajstić information content (AvgIpc) is 2.70. The zero-order chi connectivity index (χ0) is 13.0. The normalized spacial score (nSPS) is 40.0. The minimum atomic E-state index is 0.351. The molecule has 1 heterocycles. The number of hydrogen-bond donors (Lipinski definition) is 1. The average molecular weight is 260 g/mol. The van der Waals surface area contributed by atoms with E-state index in [4.69, 9.17) is 10.7 Å². The van der Waals surface area contributed by atoms with E-state index in [0.29, 0.717) is 12.0 Å². The summed E-state index contributed by atoms with van der Waals surface area (Å²) in [5.41, 5.74) is 5.99. The summed E-state index contributed by atoms with van der Waals surface area (Å²) in [6.45, 7) is 0.643. The molecule has 0 aliphatic heterocycles. The molecular weight excluding hydrogens is 236 g/mol. The Hall–Kier alpha value is -0.900. The number of nitrogens with two attached hydrogens (primary N) is 1. The maximum atomic E-state index is 5.64. The lowest BCUT2D eigenvalue weighted by atomic mass is 9.49. The van der Waals surface area contributed by atoms with Gasteiger partial charge < -0.3 is 5.73 Å². The van der Waals surface area contributed by atoms with Crippen LogP contribution < -0.4 is 5.73 Å². The van der Waals surface area contributed by atoms with E-state index in [-0.39, 0.29) is 0 Å². The van der Waals surface area contributed by atoms with E-state index in [9.17, 15) is 0 Å². The fourth-order valence-corrected chi connectivity index (χ4v) is 5.52. The molecule has 4 aliphatic carbocycles. The predicted molar refractivity (Wildman–Crippen MR) is 73.6 cm³/mol. The first-order valence-corrected chi connectivity index (χ1v) is 7.79. The topological polar surface area (TPSA) is 56.7 Å². The van der Waals surface area contributed by atoms with Crippen molar-refractivity contribution < 1.29 is 0 Å². The van der Waals surface area contributed by atoms with Gasteiger partial charge in [-0.05, 0) is 62.8 Å². The number of rotatable bonds is 3. The van der Waals surface area contributed by atoms with E-state index in [1.165, 1.54) is 44.3 Å². The van der Waals surface area contributed by atoms with Crippen LogP contribution in [0.2, 0.25) is 0 Å². The molecule has 4 saturated carbocycles. The predicted octanol–water partition coefficient (Wildman–Crippen LogP) is 1.78. The quantitative estimate of drug-likeness (QED) is 0.901. The summed E-state index contributed by atoms with van der Waals surface area (Å²) in [4.78, 5) is 4.86. The van der Waals surface area contributed by atoms with Crippen LogP contribution in [0.1, 0.15) is 50.2 Å². The molecule has 0 unspecified atom stereocenters. The van der Waals surface area contributed by atoms with E-state index in [1.54, 1.807) is 0 Å². The SMILES string of the molecule is Cn1nc(CCN)nc1C12CC3CC(CC(C3)C1)C2. The van der Waals surface area contributed by atoms with E-state index >= 15 is 0 Å². The zero-order valence-corrected chi connectivity index (χ0v) is 11.8. The van der Waals surface area contributed by atoms with Gasteiger partial charge >= 0.3 is 0 Å². The molecule has 104 valence electrons. The van der Waals surface area contributed by atoms with Gasteiger partial charge in [0, 0.05) is 18.9 Å². The lowest BCUT2D eigenvalue weighted by molar-refractivity contribution is -0.0110. The van der Waals surface area contributed by atoms with Crippen molar-refractivity contribution in [3.63, 3.8) is 0 Å². The third-order valence-corrected chi connectivity index (χ3v) is 5.69. The molecule has 4 fully saturated rings. The van der Waals surface area contributed by atoms with Gasteiger partial charge in [0.1, 0.15) is 5.82 Å². The maximum Gasteiger partial charge on any atom is 0.152 e. The van der Waals surface area contributed by atoms with Crippen molar-refractivity contribution in [1.29, 1.82) is 0 Å². The molecule has 4 heteroatoms. The molecule has 5 rings (SSSR count). The molecular formula is C15H24N4. The van der Waals surface area contributed by atoms with Gasteiger partial charge in [-0.25, -0.2) is 4.98 Å². The van der Waals surface area contributed by atoms with Gasteiger partial charge in [-0.15, -0.1) is 0 Å². The third kappa shape index (κ3) is 1.76. The fourth-order valence-electron chi connectivity index (χ4n) is 5.52. The highest BCUT2D eigenvalue weighted by atomic mass is 15.3. The van der Waals surface area contributed by atoms with Gasteiger partial charge in [0.2, 0.25) is 0 Å². The first-order valence-electron chi connectivity index (χ1n) is 7.79. The highest BCUT2D eigenvalue weighted by molar-refractivity contribution is 5.18. The molecule has 0 spiro atoms. The molecule has 4 aliphatic rings. The largest absolute Gasteiger partial charge is 0.330 e. The smallest absolute Gasteiger partial charge is 0.152 e. The number of aromatic nitrogens is 3. The molecule has 0 amide bonds. The molecule has 1 aromatic heterocycles. The van der Waals surface area contributed by atoms with Crippen LogP contribution in [0.3, 0.4) is 0 Å². The number of hydrogen-bond acceptors (Lipinski definition) is 3. The molecule has 4 bridgehead atoms. The highest BCUT2D eigenvalue weighted by Crippen LogP contribution is 2.60. The summed E-state index contributed by atoms with van der Waals surface area (Å²) in [6, 6.07) is 0. The van der Waals surface area contributed by atoms with Crippen molar-refractivity contribution in [2.75, 3.05) is 6.54 Å². The Labute approximate surface area is 114 Å². The van der Waals surface area contributed by atoms with Crippen molar-refractivity contribution >= 4 is 0 Å². The second-order valence-electron chi connectivity index (χ2n) is 7.21. The monoisotopic (exact) mass is 260 g/mol. The molecule has 1 aromatic rings. The summed E-state index contributed by atoms with van der Waals surface area (Å²) in [5, 5.41) is 4.58. The lowest BCUT2D eigenvalue weighted by Gasteiger charge is -2.56. The van der Waals surface area contributed by atoms with Crippen molar-refractivity contribution in [3.8, 4) is 0 Å². The zero-order valence-electron chi connectivity index (χ0n) is 11.8. The summed E-state index contributed by atoms with van der Waals surface area (Å²) >= 11 is 0. The Kier molecular flexibility index (Phi) is 2.53. The number of aryl methyl sites for hydroxylation is 1. The van der Waals surface area contributed by atoms with Crippen molar-refractivity contribution in [3.05, 3.63) is 11.6 Å². The van der Waals surface area contributed by atoms with Crippen LogP contribution in [0.15, 0.2) is 0 Å². The Balaban J connectivity index is 1.71. The van der Waals surface area contributed by atoms with Crippen molar-refractivity contribution in [2.45, 2.75) is 50.4 Å². The van der Waals surface area contributed by atoms with Crippen LogP contribution in [0.5, 0.6) is 0 Å². The van der Waals surface area contributed by atoms with Gasteiger partial charge in [-0.3, -0.25) is 4.68 Å². The molecule has 2 N–H and O–H groups in total. The molecule has 19 heavy (non-hydrogen) atoms. The summed E-state index contributed by atoms with van der Waals surface area (Å²) < 4.78 is 2.05. The molecule has 0 aromatic carbocycles. The Morgan fingerprint density at radius 3 is 2.26 bits per heavy atom. The van der Waals surface area contributed by atoms with Gasteiger partial charge in [0.25, 0.3) is 0 Å². The standard InChI is InChI=1S/C15H24N4/c1-19-14(17-13(18-19)2-3-16)15-7-10-4-11(8-15)6-12(5-10)9-15/h10-12H,2-9,16H2,1H3. The first kappa shape index (κ1) is 11.9. The highest BCUT2D eigenvalue weighted by Gasteiger charge is 2.53. The van der Waals surface area contributed by atoms with Gasteiger partial charge in [-0.2, -0.15) is 5.10 Å². The second-order valence-corrected chi connectivity index (χ2v) is 7.21.